The van der Waals surface area contributed by atoms with Gasteiger partial charge in [-0.1, -0.05) is 67.1 Å². The molecule has 0 fully saturated rings. The number of fused-ring (bicyclic) bond motifs is 1. The van der Waals surface area contributed by atoms with Gasteiger partial charge in [0, 0.05) is 10.2 Å². The van der Waals surface area contributed by atoms with Gasteiger partial charge in [0.05, 0.1) is 12.2 Å². The maximum atomic E-state index is 12.9. The molecule has 0 amide bonds. The first-order valence-electron chi connectivity index (χ1n) is 9.91. The van der Waals surface area contributed by atoms with Crippen molar-refractivity contribution >= 4 is 27.8 Å². The maximum Gasteiger partial charge on any atom is 0.338 e. The van der Waals surface area contributed by atoms with E-state index >= 15 is 0 Å². The predicted molar refractivity (Wildman–Crippen MR) is 113 cm³/mol. The molecule has 1 aliphatic rings. The smallest absolute Gasteiger partial charge is 0.338 e. The highest BCUT2D eigenvalue weighted by atomic mass is 79.9. The molecular formula is C21H27BrN4O2. The van der Waals surface area contributed by atoms with E-state index in [9.17, 15) is 4.79 Å². The van der Waals surface area contributed by atoms with E-state index in [4.69, 9.17) is 4.74 Å². The lowest BCUT2D eigenvalue weighted by molar-refractivity contribution is -0.139. The summed E-state index contributed by atoms with van der Waals surface area (Å²) < 4.78 is 8.33. The third-order valence-corrected chi connectivity index (χ3v) is 5.46. The van der Waals surface area contributed by atoms with Gasteiger partial charge < -0.3 is 10.1 Å². The molecule has 1 aromatic carbocycles. The zero-order chi connectivity index (χ0) is 19.9. The Morgan fingerprint density at radius 3 is 2.64 bits per heavy atom. The number of carbonyl (C=O) groups excluding carboxylic acids is 1. The normalized spacial score (nSPS) is 15.9. The minimum atomic E-state index is -0.357. The predicted octanol–water partition coefficient (Wildman–Crippen LogP) is 5.23. The summed E-state index contributed by atoms with van der Waals surface area (Å²) in [6.45, 7) is 4.53. The van der Waals surface area contributed by atoms with Crippen LogP contribution in [0.3, 0.4) is 0 Å². The fourth-order valence-electron chi connectivity index (χ4n) is 3.43. The molecule has 0 aliphatic carbocycles. The van der Waals surface area contributed by atoms with Crippen molar-refractivity contribution < 1.29 is 9.53 Å². The zero-order valence-corrected chi connectivity index (χ0v) is 18.0. The number of benzene rings is 1. The van der Waals surface area contributed by atoms with Crippen molar-refractivity contribution in [3.8, 4) is 0 Å². The largest absolute Gasteiger partial charge is 0.462 e. The molecule has 2 heterocycles. The molecule has 0 saturated carbocycles. The lowest BCUT2D eigenvalue weighted by Gasteiger charge is -2.28. The second-order valence-corrected chi connectivity index (χ2v) is 7.97. The van der Waals surface area contributed by atoms with Gasteiger partial charge >= 0.3 is 5.97 Å². The number of nitrogens with one attached hydrogen (secondary N) is 1. The monoisotopic (exact) mass is 446 g/mol. The van der Waals surface area contributed by atoms with Crippen molar-refractivity contribution in [1.82, 2.24) is 14.8 Å². The number of unbranched alkanes of at least 4 members (excludes halogenated alkanes) is 5. The summed E-state index contributed by atoms with van der Waals surface area (Å²) in [5.74, 6) is 0.325. The minimum Gasteiger partial charge on any atom is -0.462 e. The molecule has 1 aliphatic heterocycles. The fourth-order valence-corrected chi connectivity index (χ4v) is 3.70. The molecule has 1 atom stereocenters. The summed E-state index contributed by atoms with van der Waals surface area (Å²) in [5.41, 5.74) is 2.29. The second kappa shape index (κ2) is 9.87. The molecule has 28 heavy (non-hydrogen) atoms. The number of halogens is 1. The third kappa shape index (κ3) is 4.82. The molecule has 7 heteroatoms. The fraction of sp³-hybridized carbons (Fsp3) is 0.476. The number of rotatable bonds is 9. The van der Waals surface area contributed by atoms with E-state index in [0.717, 1.165) is 28.6 Å². The number of aromatic nitrogens is 3. The van der Waals surface area contributed by atoms with Gasteiger partial charge in [0.1, 0.15) is 12.4 Å². The first-order chi connectivity index (χ1) is 13.6. The van der Waals surface area contributed by atoms with Crippen LogP contribution in [0.25, 0.3) is 0 Å². The Hall–Kier alpha value is -2.15. The number of anilines is 1. The Morgan fingerprint density at radius 2 is 1.89 bits per heavy atom. The maximum absolute atomic E-state index is 12.9. The highest BCUT2D eigenvalue weighted by Gasteiger charge is 2.34. The number of allylic oxidation sites excluding steroid dienone is 1. The van der Waals surface area contributed by atoms with E-state index in [1.54, 1.807) is 4.68 Å². The summed E-state index contributed by atoms with van der Waals surface area (Å²) in [4.78, 5) is 17.2. The van der Waals surface area contributed by atoms with Gasteiger partial charge in [-0.05, 0) is 31.0 Å². The van der Waals surface area contributed by atoms with E-state index in [0.29, 0.717) is 18.1 Å². The van der Waals surface area contributed by atoms with Crippen LogP contribution in [0.1, 0.15) is 64.0 Å². The van der Waals surface area contributed by atoms with Crippen LogP contribution in [0.2, 0.25) is 0 Å². The summed E-state index contributed by atoms with van der Waals surface area (Å²) in [6, 6.07) is 7.54. The van der Waals surface area contributed by atoms with Crippen LogP contribution in [-0.2, 0) is 9.53 Å². The van der Waals surface area contributed by atoms with Crippen molar-refractivity contribution in [2.24, 2.45) is 0 Å². The van der Waals surface area contributed by atoms with Crippen LogP contribution in [0.4, 0.5) is 5.95 Å². The highest BCUT2D eigenvalue weighted by molar-refractivity contribution is 9.10. The van der Waals surface area contributed by atoms with Gasteiger partial charge in [-0.3, -0.25) is 0 Å². The lowest BCUT2D eigenvalue weighted by atomic mass is 9.96. The molecule has 2 aromatic rings. The number of ether oxygens (including phenoxy) is 1. The molecular weight excluding hydrogens is 420 g/mol. The Kier molecular flexibility index (Phi) is 7.25. The molecule has 1 aromatic heterocycles. The Morgan fingerprint density at radius 1 is 1.18 bits per heavy atom. The summed E-state index contributed by atoms with van der Waals surface area (Å²) in [7, 11) is 0. The minimum absolute atomic E-state index is 0.298. The van der Waals surface area contributed by atoms with Crippen LogP contribution in [0.5, 0.6) is 0 Å². The van der Waals surface area contributed by atoms with Gasteiger partial charge in [-0.25, -0.2) is 9.48 Å². The summed E-state index contributed by atoms with van der Waals surface area (Å²) >= 11 is 3.46. The molecule has 6 nitrogen and oxygen atoms in total. The number of esters is 1. The van der Waals surface area contributed by atoms with Crippen LogP contribution in [0.15, 0.2) is 46.3 Å². The molecule has 1 N–H and O–H groups in total. The molecule has 0 saturated heterocycles. The molecule has 1 unspecified atom stereocenters. The van der Waals surface area contributed by atoms with E-state index in [-0.39, 0.29) is 12.0 Å². The van der Waals surface area contributed by atoms with Crippen LogP contribution in [-0.4, -0.2) is 27.3 Å². The van der Waals surface area contributed by atoms with Crippen molar-refractivity contribution in [1.29, 1.82) is 0 Å². The van der Waals surface area contributed by atoms with Crippen molar-refractivity contribution in [2.45, 2.75) is 58.4 Å². The molecule has 150 valence electrons. The SMILES string of the molecule is CCCCCCCCOC(=O)C1=C(C)Nc2ncnn2C1c1ccc(Br)cc1. The van der Waals surface area contributed by atoms with Crippen LogP contribution in [0, 0.1) is 0 Å². The van der Waals surface area contributed by atoms with Crippen molar-refractivity contribution in [3.05, 3.63) is 51.9 Å². The summed E-state index contributed by atoms with van der Waals surface area (Å²) in [5, 5.41) is 7.50. The Bertz CT molecular complexity index is 829. The summed E-state index contributed by atoms with van der Waals surface area (Å²) in [6.07, 6.45) is 8.42. The topological polar surface area (TPSA) is 69.0 Å². The molecule has 0 spiro atoms. The van der Waals surface area contributed by atoms with Gasteiger partial charge in [-0.2, -0.15) is 10.1 Å². The lowest BCUT2D eigenvalue weighted by Crippen LogP contribution is -2.29. The van der Waals surface area contributed by atoms with Gasteiger partial charge in [0.25, 0.3) is 0 Å². The molecule has 0 radical (unpaired) electrons. The van der Waals surface area contributed by atoms with Crippen LogP contribution < -0.4 is 5.32 Å². The number of hydrogen-bond donors (Lipinski definition) is 1. The number of nitrogens with zero attached hydrogens (tertiary/aromatic N) is 3. The van der Waals surface area contributed by atoms with Crippen LogP contribution >= 0.6 is 15.9 Å². The van der Waals surface area contributed by atoms with Gasteiger partial charge in [0.15, 0.2) is 0 Å². The van der Waals surface area contributed by atoms with E-state index < -0.39 is 0 Å². The quantitative estimate of drug-likeness (QED) is 0.421. The number of carbonyl (C=O) groups is 1. The van der Waals surface area contributed by atoms with E-state index in [1.807, 2.05) is 31.2 Å². The molecule has 3 rings (SSSR count). The second-order valence-electron chi connectivity index (χ2n) is 7.05. The van der Waals surface area contributed by atoms with Gasteiger partial charge in [-0.15, -0.1) is 0 Å². The third-order valence-electron chi connectivity index (χ3n) is 4.93. The first kappa shape index (κ1) is 20.6. The highest BCUT2D eigenvalue weighted by Crippen LogP contribution is 2.35. The Balaban J connectivity index is 1.72. The Labute approximate surface area is 174 Å². The van der Waals surface area contributed by atoms with Crippen molar-refractivity contribution in [3.63, 3.8) is 0 Å². The number of hydrogen-bond acceptors (Lipinski definition) is 5. The average Bonchev–Trinajstić information content (AvgIpc) is 3.14. The van der Waals surface area contributed by atoms with E-state index in [1.165, 1.54) is 32.0 Å². The molecule has 0 bridgehead atoms. The van der Waals surface area contributed by atoms with Crippen molar-refractivity contribution in [2.75, 3.05) is 11.9 Å². The average molecular weight is 447 g/mol. The zero-order valence-electron chi connectivity index (χ0n) is 16.4. The van der Waals surface area contributed by atoms with E-state index in [2.05, 4.69) is 38.3 Å². The standard InChI is InChI=1S/C21H27BrN4O2/c1-3-4-5-6-7-8-13-28-20(27)18-15(2)25-21-23-14-24-26(21)19(18)16-9-11-17(22)12-10-16/h9-12,14,19H,3-8,13H2,1-2H3,(H,23,24,25). The first-order valence-corrected chi connectivity index (χ1v) is 10.7. The van der Waals surface area contributed by atoms with Gasteiger partial charge in [0.2, 0.25) is 5.95 Å².